The number of nitrogens with zero attached hydrogens (tertiary/aromatic N) is 2. The highest BCUT2D eigenvalue weighted by Gasteiger charge is 2.12. The van der Waals surface area contributed by atoms with Gasteiger partial charge >= 0.3 is 0 Å². The molecule has 144 valence electrons. The smallest absolute Gasteiger partial charge is 0.257 e. The summed E-state index contributed by atoms with van der Waals surface area (Å²) >= 11 is 2.43. The van der Waals surface area contributed by atoms with Gasteiger partial charge in [0, 0.05) is 12.1 Å². The van der Waals surface area contributed by atoms with Gasteiger partial charge in [-0.2, -0.15) is 0 Å². The van der Waals surface area contributed by atoms with Crippen LogP contribution in [0.1, 0.15) is 15.9 Å². The Kier molecular flexibility index (Phi) is 7.10. The van der Waals surface area contributed by atoms with Crippen molar-refractivity contribution in [1.29, 1.82) is 0 Å². The first-order valence-corrected chi connectivity index (χ1v) is 10.2. The van der Waals surface area contributed by atoms with Crippen molar-refractivity contribution < 1.29 is 14.0 Å². The Labute approximate surface area is 169 Å². The fraction of sp³-hybridized carbons (Fsp3) is 0.158. The number of halogens is 1. The fourth-order valence-electron chi connectivity index (χ4n) is 2.26. The molecule has 6 nitrogen and oxygen atoms in total. The molecule has 2 aromatic carbocycles. The fourth-order valence-corrected chi connectivity index (χ4v) is 3.84. The van der Waals surface area contributed by atoms with Crippen LogP contribution in [-0.4, -0.2) is 34.3 Å². The molecule has 0 aliphatic carbocycles. The van der Waals surface area contributed by atoms with E-state index in [1.165, 1.54) is 52.9 Å². The summed E-state index contributed by atoms with van der Waals surface area (Å²) in [5, 5.41) is 13.6. The quantitative estimate of drug-likeness (QED) is 0.434. The molecule has 0 bridgehead atoms. The van der Waals surface area contributed by atoms with Gasteiger partial charge in [-0.25, -0.2) is 4.39 Å². The Morgan fingerprint density at radius 2 is 1.79 bits per heavy atom. The second-order valence-corrected chi connectivity index (χ2v) is 7.91. The third-order valence-electron chi connectivity index (χ3n) is 3.64. The van der Waals surface area contributed by atoms with Crippen molar-refractivity contribution in [2.75, 3.05) is 17.6 Å². The molecule has 28 heavy (non-hydrogen) atoms. The van der Waals surface area contributed by atoms with Crippen LogP contribution in [0.3, 0.4) is 0 Å². The molecule has 1 aromatic heterocycles. The van der Waals surface area contributed by atoms with Crippen LogP contribution in [-0.2, 0) is 11.2 Å². The molecule has 0 saturated carbocycles. The van der Waals surface area contributed by atoms with E-state index in [1.54, 1.807) is 0 Å². The van der Waals surface area contributed by atoms with E-state index in [0.29, 0.717) is 21.6 Å². The number of anilines is 1. The minimum atomic E-state index is -0.409. The maximum Gasteiger partial charge on any atom is 0.257 e. The number of rotatable bonds is 8. The average Bonchev–Trinajstić information content (AvgIpc) is 3.15. The van der Waals surface area contributed by atoms with Gasteiger partial charge < -0.3 is 5.32 Å². The maximum atomic E-state index is 12.9. The van der Waals surface area contributed by atoms with Gasteiger partial charge in [0.05, 0.1) is 5.75 Å². The molecule has 2 N–H and O–H groups in total. The van der Waals surface area contributed by atoms with E-state index >= 15 is 0 Å². The number of amides is 2. The second kappa shape index (κ2) is 9.95. The minimum absolute atomic E-state index is 0.0898. The van der Waals surface area contributed by atoms with Crippen LogP contribution in [0.4, 0.5) is 9.52 Å². The summed E-state index contributed by atoms with van der Waals surface area (Å²) in [6.07, 6.45) is 0.773. The van der Waals surface area contributed by atoms with Gasteiger partial charge in [-0.05, 0) is 36.2 Å². The van der Waals surface area contributed by atoms with Crippen molar-refractivity contribution in [2.45, 2.75) is 10.8 Å². The molecular formula is C19H17FN4O2S2. The van der Waals surface area contributed by atoms with Crippen molar-refractivity contribution in [2.24, 2.45) is 0 Å². The monoisotopic (exact) mass is 416 g/mol. The van der Waals surface area contributed by atoms with Gasteiger partial charge in [0.15, 0.2) is 4.34 Å². The van der Waals surface area contributed by atoms with E-state index in [4.69, 9.17) is 0 Å². The highest BCUT2D eigenvalue weighted by atomic mass is 32.2. The molecular weight excluding hydrogens is 399 g/mol. The molecule has 3 rings (SSSR count). The molecule has 0 aliphatic rings. The molecule has 3 aromatic rings. The molecule has 1 heterocycles. The lowest BCUT2D eigenvalue weighted by molar-refractivity contribution is -0.118. The first-order chi connectivity index (χ1) is 13.6. The van der Waals surface area contributed by atoms with Crippen LogP contribution < -0.4 is 10.6 Å². The van der Waals surface area contributed by atoms with E-state index in [0.717, 1.165) is 6.42 Å². The number of nitrogens with one attached hydrogen (secondary N) is 2. The molecule has 2 amide bonds. The molecule has 0 saturated heterocycles. The van der Waals surface area contributed by atoms with Crippen LogP contribution in [0, 0.1) is 5.82 Å². The molecule has 0 atom stereocenters. The standard InChI is InChI=1S/C19H17FN4O2S2/c20-15-8-6-14(7-9-15)17(26)22-18-23-24-19(28-18)27-12-16(25)21-11-10-13-4-2-1-3-5-13/h1-9H,10-12H2,(H,21,25)(H,22,23,26). The molecule has 0 fully saturated rings. The van der Waals surface area contributed by atoms with Gasteiger partial charge in [-0.3, -0.25) is 14.9 Å². The van der Waals surface area contributed by atoms with Gasteiger partial charge in [0.25, 0.3) is 5.91 Å². The number of benzene rings is 2. The molecule has 0 spiro atoms. The summed E-state index contributed by atoms with van der Waals surface area (Å²) in [5.74, 6) is -0.678. The molecule has 0 aliphatic heterocycles. The molecule has 0 unspecified atom stereocenters. The predicted octanol–water partition coefficient (Wildman–Crippen LogP) is 3.38. The van der Waals surface area contributed by atoms with Crippen LogP contribution in [0.2, 0.25) is 0 Å². The highest BCUT2D eigenvalue weighted by molar-refractivity contribution is 8.01. The third-order valence-corrected chi connectivity index (χ3v) is 5.61. The van der Waals surface area contributed by atoms with Crippen LogP contribution in [0.5, 0.6) is 0 Å². The number of hydrogen-bond acceptors (Lipinski definition) is 6. The number of carbonyl (C=O) groups excluding carboxylic acids is 2. The lowest BCUT2D eigenvalue weighted by atomic mass is 10.1. The lowest BCUT2D eigenvalue weighted by Gasteiger charge is -2.04. The predicted molar refractivity (Wildman–Crippen MR) is 108 cm³/mol. The van der Waals surface area contributed by atoms with Crippen molar-refractivity contribution in [1.82, 2.24) is 15.5 Å². The summed E-state index contributed by atoms with van der Waals surface area (Å²) in [6, 6.07) is 15.1. The highest BCUT2D eigenvalue weighted by Crippen LogP contribution is 2.25. The summed E-state index contributed by atoms with van der Waals surface area (Å²) in [7, 11) is 0. The zero-order valence-corrected chi connectivity index (χ0v) is 16.4. The number of hydrogen-bond donors (Lipinski definition) is 2. The number of aromatic nitrogens is 2. The Balaban J connectivity index is 1.41. The van der Waals surface area contributed by atoms with E-state index in [1.807, 2.05) is 30.3 Å². The SMILES string of the molecule is O=C(CSc1nnc(NC(=O)c2ccc(F)cc2)s1)NCCc1ccccc1. The molecule has 9 heteroatoms. The molecule has 0 radical (unpaired) electrons. The summed E-state index contributed by atoms with van der Waals surface area (Å²) in [4.78, 5) is 24.0. The Hall–Kier alpha value is -2.78. The van der Waals surface area contributed by atoms with Gasteiger partial charge in [0.2, 0.25) is 11.0 Å². The van der Waals surface area contributed by atoms with Gasteiger partial charge in [0.1, 0.15) is 5.82 Å². The summed E-state index contributed by atoms with van der Waals surface area (Å²) < 4.78 is 13.5. The van der Waals surface area contributed by atoms with Gasteiger partial charge in [-0.1, -0.05) is 53.4 Å². The maximum absolute atomic E-state index is 12.9. The average molecular weight is 417 g/mol. The second-order valence-electron chi connectivity index (χ2n) is 5.71. The number of carbonyl (C=O) groups is 2. The first kappa shape index (κ1) is 20.0. The van der Waals surface area contributed by atoms with E-state index in [9.17, 15) is 14.0 Å². The van der Waals surface area contributed by atoms with E-state index < -0.39 is 11.7 Å². The van der Waals surface area contributed by atoms with Crippen LogP contribution in [0.15, 0.2) is 58.9 Å². The lowest BCUT2D eigenvalue weighted by Crippen LogP contribution is -2.27. The topological polar surface area (TPSA) is 84.0 Å². The largest absolute Gasteiger partial charge is 0.355 e. The zero-order valence-electron chi connectivity index (χ0n) is 14.7. The minimum Gasteiger partial charge on any atom is -0.355 e. The van der Waals surface area contributed by atoms with E-state index in [-0.39, 0.29) is 11.7 Å². The Bertz CT molecular complexity index is 933. The number of thioether (sulfide) groups is 1. The van der Waals surface area contributed by atoms with Crippen molar-refractivity contribution in [3.63, 3.8) is 0 Å². The van der Waals surface area contributed by atoms with E-state index in [2.05, 4.69) is 20.8 Å². The van der Waals surface area contributed by atoms with Crippen molar-refractivity contribution in [3.8, 4) is 0 Å². The summed E-state index contributed by atoms with van der Waals surface area (Å²) in [6.45, 7) is 0.568. The first-order valence-electron chi connectivity index (χ1n) is 8.44. The van der Waals surface area contributed by atoms with Crippen LogP contribution >= 0.6 is 23.1 Å². The van der Waals surface area contributed by atoms with Crippen LogP contribution in [0.25, 0.3) is 0 Å². The summed E-state index contributed by atoms with van der Waals surface area (Å²) in [5.41, 5.74) is 1.49. The van der Waals surface area contributed by atoms with Gasteiger partial charge in [-0.15, -0.1) is 10.2 Å². The Morgan fingerprint density at radius 1 is 1.04 bits per heavy atom. The van der Waals surface area contributed by atoms with Crippen molar-refractivity contribution >= 4 is 40.0 Å². The Morgan fingerprint density at radius 3 is 2.54 bits per heavy atom. The zero-order chi connectivity index (χ0) is 19.8. The van der Waals surface area contributed by atoms with Crippen molar-refractivity contribution in [3.05, 3.63) is 71.5 Å². The third kappa shape index (κ3) is 6.14. The normalized spacial score (nSPS) is 10.5.